The van der Waals surface area contributed by atoms with Crippen molar-refractivity contribution in [3.63, 3.8) is 0 Å². The van der Waals surface area contributed by atoms with Crippen LogP contribution in [-0.2, 0) is 13.0 Å². The summed E-state index contributed by atoms with van der Waals surface area (Å²) in [5.74, 6) is 0. The van der Waals surface area contributed by atoms with Crippen LogP contribution in [0, 0.1) is 0 Å². The topological polar surface area (TPSA) is 63.8 Å². The van der Waals surface area contributed by atoms with Gasteiger partial charge in [0.05, 0.1) is 16.4 Å². The summed E-state index contributed by atoms with van der Waals surface area (Å²) in [7, 11) is 0. The van der Waals surface area contributed by atoms with Gasteiger partial charge in [-0.2, -0.15) is 5.10 Å². The molecule has 0 amide bonds. The zero-order valence-electron chi connectivity index (χ0n) is 10.7. The Labute approximate surface area is 126 Å². The first-order valence-electron chi connectivity index (χ1n) is 6.35. The Morgan fingerprint density at radius 3 is 2.80 bits per heavy atom. The number of aliphatic hydroxyl groups is 1. The number of halogens is 2. The summed E-state index contributed by atoms with van der Waals surface area (Å²) in [6, 6.07) is 1.80. The van der Waals surface area contributed by atoms with Crippen LogP contribution in [0.25, 0.3) is 0 Å². The summed E-state index contributed by atoms with van der Waals surface area (Å²) in [6.45, 7) is 0.287. The highest BCUT2D eigenvalue weighted by molar-refractivity contribution is 6.31. The van der Waals surface area contributed by atoms with E-state index in [0.29, 0.717) is 11.4 Å². The van der Waals surface area contributed by atoms with Crippen LogP contribution in [0.3, 0.4) is 0 Å². The fraction of sp³-hybridized carbons (Fsp3) is 0.462. The minimum absolute atomic E-state index is 0.287. The fourth-order valence-corrected chi connectivity index (χ4v) is 2.78. The van der Waals surface area contributed by atoms with Crippen molar-refractivity contribution >= 4 is 23.2 Å². The summed E-state index contributed by atoms with van der Waals surface area (Å²) in [5.41, 5.74) is -0.288. The predicted molar refractivity (Wildman–Crippen MR) is 75.7 cm³/mol. The highest BCUT2D eigenvalue weighted by Gasteiger charge is 2.58. The van der Waals surface area contributed by atoms with Crippen LogP contribution >= 0.6 is 23.2 Å². The zero-order chi connectivity index (χ0) is 14.2. The van der Waals surface area contributed by atoms with E-state index in [1.807, 2.05) is 0 Å². The molecule has 2 aromatic heterocycles. The van der Waals surface area contributed by atoms with E-state index in [-0.39, 0.29) is 6.54 Å². The molecule has 1 aliphatic carbocycles. The van der Waals surface area contributed by atoms with Gasteiger partial charge in [0.2, 0.25) is 0 Å². The maximum Gasteiger partial charge on any atom is 0.137 e. The van der Waals surface area contributed by atoms with Crippen molar-refractivity contribution in [3.8, 4) is 0 Å². The lowest BCUT2D eigenvalue weighted by atomic mass is 9.89. The Bertz CT molecular complexity index is 600. The van der Waals surface area contributed by atoms with Gasteiger partial charge in [-0.25, -0.2) is 9.67 Å². The summed E-state index contributed by atoms with van der Waals surface area (Å²) in [4.78, 5) is 7.23. The van der Waals surface area contributed by atoms with Crippen LogP contribution in [0.1, 0.15) is 18.4 Å². The number of hydrogen-bond acceptors (Lipinski definition) is 4. The molecule has 5 nitrogen and oxygen atoms in total. The zero-order valence-corrected chi connectivity index (χ0v) is 12.2. The smallest absolute Gasteiger partial charge is 0.137 e. The van der Waals surface area contributed by atoms with Gasteiger partial charge < -0.3 is 5.11 Å². The Kier molecular flexibility index (Phi) is 3.44. The SMILES string of the molecule is OC(Cc1ccncc1Cl)(Cn1cncn1)C1(Cl)CC1. The molecule has 1 fully saturated rings. The Morgan fingerprint density at radius 2 is 2.20 bits per heavy atom. The van der Waals surface area contributed by atoms with E-state index in [0.717, 1.165) is 18.4 Å². The van der Waals surface area contributed by atoms with Crippen molar-refractivity contribution in [1.82, 2.24) is 19.7 Å². The van der Waals surface area contributed by atoms with E-state index in [1.54, 1.807) is 29.5 Å². The van der Waals surface area contributed by atoms with Gasteiger partial charge in [-0.1, -0.05) is 11.6 Å². The first-order valence-corrected chi connectivity index (χ1v) is 7.10. The van der Waals surface area contributed by atoms with E-state index in [9.17, 15) is 5.11 Å². The highest BCUT2D eigenvalue weighted by Crippen LogP contribution is 2.53. The van der Waals surface area contributed by atoms with Crippen molar-refractivity contribution in [2.75, 3.05) is 0 Å². The molecule has 0 saturated heterocycles. The van der Waals surface area contributed by atoms with Crippen LogP contribution in [0.2, 0.25) is 5.02 Å². The molecular weight excluding hydrogens is 299 g/mol. The second-order valence-corrected chi connectivity index (χ2v) is 6.36. The Hall–Kier alpha value is -1.17. The molecule has 3 rings (SSSR count). The molecule has 0 spiro atoms. The highest BCUT2D eigenvalue weighted by atomic mass is 35.5. The molecule has 106 valence electrons. The van der Waals surface area contributed by atoms with Crippen LogP contribution < -0.4 is 0 Å². The van der Waals surface area contributed by atoms with Crippen molar-refractivity contribution in [1.29, 1.82) is 0 Å². The minimum atomic E-state index is -1.12. The quantitative estimate of drug-likeness (QED) is 0.858. The number of pyridine rings is 1. The molecule has 7 heteroatoms. The van der Waals surface area contributed by atoms with Gasteiger partial charge >= 0.3 is 0 Å². The largest absolute Gasteiger partial charge is 0.386 e. The normalized spacial score (nSPS) is 19.6. The van der Waals surface area contributed by atoms with E-state index in [4.69, 9.17) is 23.2 Å². The Balaban J connectivity index is 1.89. The molecule has 0 radical (unpaired) electrons. The molecule has 2 heterocycles. The third-order valence-electron chi connectivity index (χ3n) is 3.75. The second-order valence-electron chi connectivity index (χ2n) is 5.23. The number of aromatic nitrogens is 4. The third kappa shape index (κ3) is 2.53. The second kappa shape index (κ2) is 4.98. The summed E-state index contributed by atoms with van der Waals surface area (Å²) >= 11 is 12.6. The number of rotatable bonds is 5. The molecule has 0 aliphatic heterocycles. The average Bonchev–Trinajstić information content (AvgIpc) is 2.98. The first kappa shape index (κ1) is 13.8. The van der Waals surface area contributed by atoms with Crippen LogP contribution in [0.5, 0.6) is 0 Å². The predicted octanol–water partition coefficient (Wildman–Crippen LogP) is 2.07. The molecule has 2 aromatic rings. The lowest BCUT2D eigenvalue weighted by Crippen LogP contribution is -2.47. The number of hydrogen-bond donors (Lipinski definition) is 1. The molecule has 0 bridgehead atoms. The van der Waals surface area contributed by atoms with Crippen molar-refractivity contribution in [3.05, 3.63) is 41.7 Å². The summed E-state index contributed by atoms with van der Waals surface area (Å²) in [5, 5.41) is 15.6. The van der Waals surface area contributed by atoms with Crippen molar-refractivity contribution in [2.24, 2.45) is 0 Å². The van der Waals surface area contributed by atoms with E-state index in [1.165, 1.54) is 6.33 Å². The van der Waals surface area contributed by atoms with E-state index < -0.39 is 10.5 Å². The van der Waals surface area contributed by atoms with Gasteiger partial charge in [0.1, 0.15) is 18.3 Å². The maximum atomic E-state index is 11.1. The molecule has 1 atom stereocenters. The van der Waals surface area contributed by atoms with Gasteiger partial charge in [-0.15, -0.1) is 11.6 Å². The Morgan fingerprint density at radius 1 is 1.40 bits per heavy atom. The van der Waals surface area contributed by atoms with Crippen LogP contribution in [0.15, 0.2) is 31.1 Å². The summed E-state index contributed by atoms with van der Waals surface area (Å²) in [6.07, 6.45) is 8.16. The van der Waals surface area contributed by atoms with Gasteiger partial charge in [-0.3, -0.25) is 4.98 Å². The molecule has 1 N–H and O–H groups in total. The van der Waals surface area contributed by atoms with Crippen molar-refractivity contribution in [2.45, 2.75) is 36.3 Å². The minimum Gasteiger partial charge on any atom is -0.386 e. The first-order chi connectivity index (χ1) is 9.52. The van der Waals surface area contributed by atoms with Gasteiger partial charge in [0.25, 0.3) is 0 Å². The monoisotopic (exact) mass is 312 g/mol. The molecule has 1 saturated carbocycles. The summed E-state index contributed by atoms with van der Waals surface area (Å²) < 4.78 is 1.59. The third-order valence-corrected chi connectivity index (χ3v) is 4.82. The van der Waals surface area contributed by atoms with Crippen LogP contribution in [-0.4, -0.2) is 35.3 Å². The molecule has 0 aromatic carbocycles. The number of nitrogens with zero attached hydrogens (tertiary/aromatic N) is 4. The molecule has 20 heavy (non-hydrogen) atoms. The molecular formula is C13H14Cl2N4O. The maximum absolute atomic E-state index is 11.1. The number of alkyl halides is 1. The fourth-order valence-electron chi connectivity index (χ4n) is 2.38. The molecule has 1 aliphatic rings. The van der Waals surface area contributed by atoms with Crippen molar-refractivity contribution < 1.29 is 5.11 Å². The standard InChI is InChI=1S/C13H14Cl2N4O/c14-11-6-16-4-1-10(11)5-13(20,12(15)2-3-12)7-19-9-17-8-18-19/h1,4,6,8-9,20H,2-3,5,7H2. The molecule has 1 unspecified atom stereocenters. The van der Waals surface area contributed by atoms with Gasteiger partial charge in [0.15, 0.2) is 0 Å². The van der Waals surface area contributed by atoms with Gasteiger partial charge in [-0.05, 0) is 24.5 Å². The van der Waals surface area contributed by atoms with E-state index >= 15 is 0 Å². The lowest BCUT2D eigenvalue weighted by molar-refractivity contribution is 0.00765. The van der Waals surface area contributed by atoms with Crippen LogP contribution in [0.4, 0.5) is 0 Å². The van der Waals surface area contributed by atoms with E-state index in [2.05, 4.69) is 15.1 Å². The lowest BCUT2D eigenvalue weighted by Gasteiger charge is -2.33. The average molecular weight is 313 g/mol. The van der Waals surface area contributed by atoms with Gasteiger partial charge in [0, 0.05) is 18.8 Å².